The fourth-order valence-corrected chi connectivity index (χ4v) is 3.91. The van der Waals surface area contributed by atoms with Gasteiger partial charge in [0.05, 0.1) is 4.90 Å². The molecule has 0 bridgehead atoms. The molecule has 0 aromatic heterocycles. The highest BCUT2D eigenvalue weighted by atomic mass is 32.2. The second kappa shape index (κ2) is 6.93. The van der Waals surface area contributed by atoms with E-state index in [0.29, 0.717) is 25.9 Å². The summed E-state index contributed by atoms with van der Waals surface area (Å²) < 4.78 is 26.5. The van der Waals surface area contributed by atoms with Gasteiger partial charge in [-0.25, -0.2) is 8.42 Å². The van der Waals surface area contributed by atoms with E-state index in [1.165, 1.54) is 34.6 Å². The Labute approximate surface area is 135 Å². The third-order valence-electron chi connectivity index (χ3n) is 3.76. The van der Waals surface area contributed by atoms with Crippen LogP contribution in [0.15, 0.2) is 41.8 Å². The Hall–Kier alpha value is -2.19. The van der Waals surface area contributed by atoms with Crippen molar-refractivity contribution in [1.29, 1.82) is 0 Å². The van der Waals surface area contributed by atoms with E-state index in [4.69, 9.17) is 5.73 Å². The van der Waals surface area contributed by atoms with Crippen LogP contribution in [0.3, 0.4) is 0 Å². The maximum absolute atomic E-state index is 12.6. The molecule has 124 valence electrons. The van der Waals surface area contributed by atoms with E-state index >= 15 is 0 Å². The van der Waals surface area contributed by atoms with E-state index in [0.717, 1.165) is 0 Å². The lowest BCUT2D eigenvalue weighted by atomic mass is 10.1. The molecule has 1 aromatic rings. The van der Waals surface area contributed by atoms with Crippen LogP contribution in [0, 0.1) is 0 Å². The zero-order valence-corrected chi connectivity index (χ0v) is 13.4. The average Bonchev–Trinajstić information content (AvgIpc) is 2.55. The number of hydrogen-bond acceptors (Lipinski definition) is 4. The second-order valence-corrected chi connectivity index (χ2v) is 7.22. The van der Waals surface area contributed by atoms with Gasteiger partial charge in [-0.2, -0.15) is 4.31 Å². The van der Waals surface area contributed by atoms with Gasteiger partial charge in [0.25, 0.3) is 0 Å². The molecule has 1 aromatic carbocycles. The van der Waals surface area contributed by atoms with Crippen LogP contribution in [0.4, 0.5) is 0 Å². The van der Waals surface area contributed by atoms with Crippen molar-refractivity contribution < 1.29 is 18.0 Å². The van der Waals surface area contributed by atoms with Crippen LogP contribution >= 0.6 is 0 Å². The molecule has 1 aliphatic heterocycles. The van der Waals surface area contributed by atoms with Gasteiger partial charge < -0.3 is 11.1 Å². The minimum Gasteiger partial charge on any atom is -0.366 e. The van der Waals surface area contributed by atoms with E-state index in [1.54, 1.807) is 0 Å². The number of primary amides is 1. The van der Waals surface area contributed by atoms with Crippen LogP contribution in [-0.4, -0.2) is 43.7 Å². The fourth-order valence-electron chi connectivity index (χ4n) is 2.44. The molecule has 1 heterocycles. The standard InChI is InChI=1S/C15H19N3O4S/c1-2-14(19)17-12-7-9-18(10-8-12)23(21,22)13-5-3-11(4-6-13)15(16)20/h2-6,12H,1,7-10H2,(H2,16,20)(H,17,19). The van der Waals surface area contributed by atoms with Crippen LogP contribution in [0.2, 0.25) is 0 Å². The van der Waals surface area contributed by atoms with Crippen molar-refractivity contribution in [3.8, 4) is 0 Å². The Morgan fingerprint density at radius 1 is 1.22 bits per heavy atom. The fraction of sp³-hybridized carbons (Fsp3) is 0.333. The van der Waals surface area contributed by atoms with Crippen molar-refractivity contribution in [3.63, 3.8) is 0 Å². The molecule has 1 aliphatic rings. The third kappa shape index (κ3) is 3.96. The predicted molar refractivity (Wildman–Crippen MR) is 85.1 cm³/mol. The number of piperidine rings is 1. The Kier molecular flexibility index (Phi) is 5.17. The van der Waals surface area contributed by atoms with Gasteiger partial charge in [0.2, 0.25) is 21.8 Å². The minimum absolute atomic E-state index is 0.0517. The molecular formula is C15H19N3O4S. The number of benzene rings is 1. The van der Waals surface area contributed by atoms with Crippen LogP contribution in [0.25, 0.3) is 0 Å². The molecule has 1 saturated heterocycles. The zero-order chi connectivity index (χ0) is 17.0. The number of sulfonamides is 1. The topological polar surface area (TPSA) is 110 Å². The van der Waals surface area contributed by atoms with Gasteiger partial charge in [-0.15, -0.1) is 0 Å². The van der Waals surface area contributed by atoms with Crippen molar-refractivity contribution in [2.75, 3.05) is 13.1 Å². The molecule has 0 unspecified atom stereocenters. The first-order valence-electron chi connectivity index (χ1n) is 7.17. The number of nitrogens with zero attached hydrogens (tertiary/aromatic N) is 1. The summed E-state index contributed by atoms with van der Waals surface area (Å²) in [4.78, 5) is 22.4. The monoisotopic (exact) mass is 337 g/mol. The Morgan fingerprint density at radius 2 is 1.78 bits per heavy atom. The maximum atomic E-state index is 12.6. The molecule has 0 spiro atoms. The summed E-state index contributed by atoms with van der Waals surface area (Å²) in [6.07, 6.45) is 2.28. The van der Waals surface area contributed by atoms with E-state index in [9.17, 15) is 18.0 Å². The lowest BCUT2D eigenvalue weighted by Gasteiger charge is -2.31. The molecule has 0 saturated carbocycles. The quantitative estimate of drug-likeness (QED) is 0.750. The first-order chi connectivity index (χ1) is 10.8. The molecule has 1 fully saturated rings. The van der Waals surface area contributed by atoms with E-state index < -0.39 is 15.9 Å². The molecule has 0 atom stereocenters. The molecule has 23 heavy (non-hydrogen) atoms. The SMILES string of the molecule is C=CC(=O)NC1CCN(S(=O)(=O)c2ccc(C(N)=O)cc2)CC1. The smallest absolute Gasteiger partial charge is 0.248 e. The normalized spacial score (nSPS) is 16.7. The molecule has 2 amide bonds. The molecule has 0 radical (unpaired) electrons. The molecule has 3 N–H and O–H groups in total. The minimum atomic E-state index is -3.61. The highest BCUT2D eigenvalue weighted by molar-refractivity contribution is 7.89. The zero-order valence-electron chi connectivity index (χ0n) is 12.6. The molecule has 2 rings (SSSR count). The first-order valence-corrected chi connectivity index (χ1v) is 8.61. The summed E-state index contributed by atoms with van der Waals surface area (Å²) >= 11 is 0. The Balaban J connectivity index is 2.05. The number of hydrogen-bond donors (Lipinski definition) is 2. The second-order valence-electron chi connectivity index (χ2n) is 5.28. The lowest BCUT2D eigenvalue weighted by Crippen LogP contribution is -2.46. The van der Waals surface area contributed by atoms with Gasteiger partial charge in [-0.1, -0.05) is 6.58 Å². The number of nitrogens with one attached hydrogen (secondary N) is 1. The van der Waals surface area contributed by atoms with Gasteiger partial charge in [0.15, 0.2) is 0 Å². The van der Waals surface area contributed by atoms with Gasteiger partial charge in [-0.05, 0) is 43.2 Å². The number of rotatable bonds is 5. The van der Waals surface area contributed by atoms with Crippen LogP contribution < -0.4 is 11.1 Å². The van der Waals surface area contributed by atoms with Crippen LogP contribution in [-0.2, 0) is 14.8 Å². The third-order valence-corrected chi connectivity index (χ3v) is 5.68. The molecular weight excluding hydrogens is 318 g/mol. The number of nitrogens with two attached hydrogens (primary N) is 1. The molecule has 7 nitrogen and oxygen atoms in total. The Morgan fingerprint density at radius 3 is 2.26 bits per heavy atom. The van der Waals surface area contributed by atoms with Gasteiger partial charge in [0, 0.05) is 24.7 Å². The largest absolute Gasteiger partial charge is 0.366 e. The predicted octanol–water partition coefficient (Wildman–Crippen LogP) is 0.241. The number of carbonyl (C=O) groups excluding carboxylic acids is 2. The van der Waals surface area contributed by atoms with E-state index in [-0.39, 0.29) is 22.4 Å². The van der Waals surface area contributed by atoms with Crippen molar-refractivity contribution in [3.05, 3.63) is 42.5 Å². The lowest BCUT2D eigenvalue weighted by molar-refractivity contribution is -0.117. The van der Waals surface area contributed by atoms with Gasteiger partial charge in [0.1, 0.15) is 0 Å². The Bertz CT molecular complexity index is 705. The van der Waals surface area contributed by atoms with E-state index in [2.05, 4.69) is 11.9 Å². The van der Waals surface area contributed by atoms with Gasteiger partial charge >= 0.3 is 0 Å². The van der Waals surface area contributed by atoms with Crippen molar-refractivity contribution in [2.45, 2.75) is 23.8 Å². The summed E-state index contributed by atoms with van der Waals surface area (Å²) in [5.41, 5.74) is 5.40. The van der Waals surface area contributed by atoms with Crippen LogP contribution in [0.1, 0.15) is 23.2 Å². The van der Waals surface area contributed by atoms with Crippen LogP contribution in [0.5, 0.6) is 0 Å². The van der Waals surface area contributed by atoms with Crippen molar-refractivity contribution >= 4 is 21.8 Å². The summed E-state index contributed by atoms with van der Waals surface area (Å²) in [7, 11) is -3.61. The number of amides is 2. The highest BCUT2D eigenvalue weighted by Crippen LogP contribution is 2.21. The average molecular weight is 337 g/mol. The summed E-state index contributed by atoms with van der Waals surface area (Å²) in [6.45, 7) is 4.03. The van der Waals surface area contributed by atoms with Crippen molar-refractivity contribution in [1.82, 2.24) is 9.62 Å². The summed E-state index contributed by atoms with van der Waals surface area (Å²) in [5.74, 6) is -0.860. The molecule has 8 heteroatoms. The van der Waals surface area contributed by atoms with Crippen molar-refractivity contribution in [2.24, 2.45) is 5.73 Å². The summed E-state index contributed by atoms with van der Waals surface area (Å²) in [5, 5.41) is 2.77. The van der Waals surface area contributed by atoms with Gasteiger partial charge in [-0.3, -0.25) is 9.59 Å². The number of carbonyl (C=O) groups is 2. The summed E-state index contributed by atoms with van der Waals surface area (Å²) in [6, 6.07) is 5.49. The maximum Gasteiger partial charge on any atom is 0.248 e. The highest BCUT2D eigenvalue weighted by Gasteiger charge is 2.29. The molecule has 0 aliphatic carbocycles. The van der Waals surface area contributed by atoms with E-state index in [1.807, 2.05) is 0 Å². The first kappa shape index (κ1) is 17.2.